The van der Waals surface area contributed by atoms with Crippen molar-refractivity contribution in [3.05, 3.63) is 52.8 Å². The molecule has 0 fully saturated rings. The third-order valence-corrected chi connectivity index (χ3v) is 3.79. The van der Waals surface area contributed by atoms with Gasteiger partial charge in [0.25, 0.3) is 0 Å². The van der Waals surface area contributed by atoms with Crippen LogP contribution in [-0.2, 0) is 0 Å². The van der Waals surface area contributed by atoms with E-state index in [4.69, 9.17) is 5.73 Å². The molecule has 0 aliphatic carbocycles. The van der Waals surface area contributed by atoms with E-state index >= 15 is 0 Å². The number of nitrogens with zero attached hydrogens (tertiary/aromatic N) is 1. The molecule has 2 nitrogen and oxygen atoms in total. The van der Waals surface area contributed by atoms with Crippen molar-refractivity contribution in [2.75, 3.05) is 0 Å². The van der Waals surface area contributed by atoms with Crippen LogP contribution in [0.25, 0.3) is 0 Å². The van der Waals surface area contributed by atoms with Gasteiger partial charge in [0.1, 0.15) is 0 Å². The van der Waals surface area contributed by atoms with Crippen LogP contribution in [-0.4, -0.2) is 4.98 Å². The molecule has 0 saturated heterocycles. The molecule has 88 valence electrons. The lowest BCUT2D eigenvalue weighted by molar-refractivity contribution is 0.777. The fraction of sp³-hybridized carbons (Fsp3) is 0.154. The second kappa shape index (κ2) is 5.67. The lowest BCUT2D eigenvalue weighted by Gasteiger charge is -2.05. The largest absolute Gasteiger partial charge is 0.323 e. The molecular weight excluding hydrogens is 296 g/mol. The van der Waals surface area contributed by atoms with Crippen molar-refractivity contribution >= 4 is 27.7 Å². The van der Waals surface area contributed by atoms with Gasteiger partial charge in [-0.15, -0.1) is 0 Å². The van der Waals surface area contributed by atoms with E-state index in [0.717, 1.165) is 15.1 Å². The van der Waals surface area contributed by atoms with Gasteiger partial charge in [0.2, 0.25) is 0 Å². The zero-order valence-electron chi connectivity index (χ0n) is 9.43. The molecule has 4 heteroatoms. The van der Waals surface area contributed by atoms with Crippen molar-refractivity contribution in [3.8, 4) is 0 Å². The number of nitrogens with two attached hydrogens (primary N) is 1. The van der Waals surface area contributed by atoms with Gasteiger partial charge in [-0.2, -0.15) is 0 Å². The van der Waals surface area contributed by atoms with E-state index in [1.54, 1.807) is 11.8 Å². The Kier molecular flexibility index (Phi) is 4.20. The predicted octanol–water partition coefficient (Wildman–Crippen LogP) is 4.02. The van der Waals surface area contributed by atoms with Crippen LogP contribution in [0.3, 0.4) is 0 Å². The first kappa shape index (κ1) is 12.6. The van der Waals surface area contributed by atoms with Crippen molar-refractivity contribution in [1.29, 1.82) is 0 Å². The molecule has 1 aromatic carbocycles. The number of hydrogen-bond donors (Lipinski definition) is 1. The number of benzene rings is 1. The van der Waals surface area contributed by atoms with Crippen molar-refractivity contribution in [2.45, 2.75) is 22.8 Å². The highest BCUT2D eigenvalue weighted by atomic mass is 79.9. The summed E-state index contributed by atoms with van der Waals surface area (Å²) in [5, 5.41) is 0. The highest BCUT2D eigenvalue weighted by Gasteiger charge is 2.02. The molecule has 2 rings (SSSR count). The highest BCUT2D eigenvalue weighted by Crippen LogP contribution is 2.28. The standard InChI is InChI=1S/C13H13BrN2S/c1-9(15)13-7-6-12(8-16-13)17-11-4-2-10(14)3-5-11/h2-9H,15H2,1H3/t9-/m1/s1. The second-order valence-electron chi connectivity index (χ2n) is 3.76. The number of hydrogen-bond acceptors (Lipinski definition) is 3. The van der Waals surface area contributed by atoms with Gasteiger partial charge in [0.05, 0.1) is 5.69 Å². The SMILES string of the molecule is C[C@@H](N)c1ccc(Sc2ccc(Br)cc2)cn1. The fourth-order valence-electron chi connectivity index (χ4n) is 1.36. The molecule has 1 aromatic heterocycles. The Balaban J connectivity index is 2.11. The second-order valence-corrected chi connectivity index (χ2v) is 5.83. The summed E-state index contributed by atoms with van der Waals surface area (Å²) in [5.74, 6) is 0. The number of rotatable bonds is 3. The van der Waals surface area contributed by atoms with Crippen LogP contribution >= 0.6 is 27.7 Å². The molecule has 17 heavy (non-hydrogen) atoms. The van der Waals surface area contributed by atoms with Crippen LogP contribution in [0, 0.1) is 0 Å². The van der Waals surface area contributed by atoms with Crippen LogP contribution in [0.1, 0.15) is 18.7 Å². The van der Waals surface area contributed by atoms with Gasteiger partial charge in [0.15, 0.2) is 0 Å². The maximum absolute atomic E-state index is 5.76. The minimum Gasteiger partial charge on any atom is -0.323 e. The maximum atomic E-state index is 5.76. The van der Waals surface area contributed by atoms with Crippen molar-refractivity contribution in [2.24, 2.45) is 5.73 Å². The summed E-state index contributed by atoms with van der Waals surface area (Å²) in [4.78, 5) is 6.66. The minimum absolute atomic E-state index is 0.0123. The molecule has 0 spiro atoms. The Labute approximate surface area is 114 Å². The predicted molar refractivity (Wildman–Crippen MR) is 75.1 cm³/mol. The summed E-state index contributed by atoms with van der Waals surface area (Å²) in [6.07, 6.45) is 1.87. The van der Waals surface area contributed by atoms with E-state index in [-0.39, 0.29) is 6.04 Å². The molecule has 0 saturated carbocycles. The topological polar surface area (TPSA) is 38.9 Å². The maximum Gasteiger partial charge on any atom is 0.0569 e. The Morgan fingerprint density at radius 3 is 2.29 bits per heavy atom. The molecule has 0 aliphatic heterocycles. The summed E-state index contributed by atoms with van der Waals surface area (Å²) in [7, 11) is 0. The summed E-state index contributed by atoms with van der Waals surface area (Å²) >= 11 is 5.11. The molecule has 2 aromatic rings. The molecule has 0 radical (unpaired) electrons. The lowest BCUT2D eigenvalue weighted by Crippen LogP contribution is -2.06. The van der Waals surface area contributed by atoms with Gasteiger partial charge in [-0.1, -0.05) is 27.7 Å². The lowest BCUT2D eigenvalue weighted by atomic mass is 10.2. The summed E-state index contributed by atoms with van der Waals surface area (Å²) in [6.45, 7) is 1.93. The summed E-state index contributed by atoms with van der Waals surface area (Å²) < 4.78 is 1.09. The number of aromatic nitrogens is 1. The van der Waals surface area contributed by atoms with Gasteiger partial charge in [-0.05, 0) is 43.3 Å². The minimum atomic E-state index is -0.0123. The average molecular weight is 309 g/mol. The number of pyridine rings is 1. The molecule has 1 atom stereocenters. The Hall–Kier alpha value is -0.840. The van der Waals surface area contributed by atoms with Crippen LogP contribution in [0.2, 0.25) is 0 Å². The van der Waals surface area contributed by atoms with E-state index in [1.165, 1.54) is 4.90 Å². The molecule has 2 N–H and O–H groups in total. The van der Waals surface area contributed by atoms with Gasteiger partial charge in [-0.25, -0.2) is 0 Å². The van der Waals surface area contributed by atoms with Crippen molar-refractivity contribution < 1.29 is 0 Å². The zero-order chi connectivity index (χ0) is 12.3. The monoisotopic (exact) mass is 308 g/mol. The van der Waals surface area contributed by atoms with Crippen LogP contribution < -0.4 is 5.73 Å². The first-order chi connectivity index (χ1) is 8.15. The quantitative estimate of drug-likeness (QED) is 0.931. The van der Waals surface area contributed by atoms with E-state index in [0.29, 0.717) is 0 Å². The molecule has 0 bridgehead atoms. The Morgan fingerprint density at radius 2 is 1.76 bits per heavy atom. The summed E-state index contributed by atoms with van der Waals surface area (Å²) in [5.41, 5.74) is 6.68. The zero-order valence-corrected chi connectivity index (χ0v) is 11.8. The Bertz CT molecular complexity index is 480. The highest BCUT2D eigenvalue weighted by molar-refractivity contribution is 9.10. The van der Waals surface area contributed by atoms with E-state index in [2.05, 4.69) is 39.1 Å². The number of halogens is 1. The van der Waals surface area contributed by atoms with Gasteiger partial charge >= 0.3 is 0 Å². The van der Waals surface area contributed by atoms with Gasteiger partial charge < -0.3 is 5.73 Å². The average Bonchev–Trinajstić information content (AvgIpc) is 2.33. The normalized spacial score (nSPS) is 12.4. The van der Waals surface area contributed by atoms with E-state index in [1.807, 2.05) is 31.3 Å². The van der Waals surface area contributed by atoms with Crippen LogP contribution in [0.5, 0.6) is 0 Å². The molecular formula is C13H13BrN2S. The first-order valence-electron chi connectivity index (χ1n) is 5.30. The van der Waals surface area contributed by atoms with Crippen LogP contribution in [0.4, 0.5) is 0 Å². The summed E-state index contributed by atoms with van der Waals surface area (Å²) in [6, 6.07) is 12.2. The Morgan fingerprint density at radius 1 is 1.12 bits per heavy atom. The van der Waals surface area contributed by atoms with Crippen molar-refractivity contribution in [3.63, 3.8) is 0 Å². The van der Waals surface area contributed by atoms with Gasteiger partial charge in [0, 0.05) is 26.5 Å². The fourth-order valence-corrected chi connectivity index (χ4v) is 2.41. The van der Waals surface area contributed by atoms with E-state index in [9.17, 15) is 0 Å². The molecule has 0 aliphatic rings. The molecule has 1 heterocycles. The van der Waals surface area contributed by atoms with Crippen molar-refractivity contribution in [1.82, 2.24) is 4.98 Å². The van der Waals surface area contributed by atoms with Gasteiger partial charge in [-0.3, -0.25) is 4.98 Å². The van der Waals surface area contributed by atoms with E-state index < -0.39 is 0 Å². The molecule has 0 amide bonds. The smallest absolute Gasteiger partial charge is 0.0569 e. The third-order valence-electron chi connectivity index (χ3n) is 2.28. The third kappa shape index (κ3) is 3.56. The van der Waals surface area contributed by atoms with Crippen LogP contribution in [0.15, 0.2) is 56.9 Å². The molecule has 0 unspecified atom stereocenters. The first-order valence-corrected chi connectivity index (χ1v) is 6.91.